The number of carbonyl (C=O) groups is 2. The van der Waals surface area contributed by atoms with Gasteiger partial charge in [0.2, 0.25) is 0 Å². The molecular formula is C15H20N2O3S. The van der Waals surface area contributed by atoms with Gasteiger partial charge in [-0.2, -0.15) is 0 Å². The molecule has 114 valence electrons. The number of benzene rings is 1. The molecule has 5 nitrogen and oxygen atoms in total. The molecular weight excluding hydrogens is 288 g/mol. The van der Waals surface area contributed by atoms with Crippen molar-refractivity contribution in [3.05, 3.63) is 24.3 Å². The zero-order valence-corrected chi connectivity index (χ0v) is 12.8. The molecule has 1 saturated carbocycles. The number of anilines is 1. The lowest BCUT2D eigenvalue weighted by molar-refractivity contribution is -0.142. The first-order chi connectivity index (χ1) is 10.1. The largest absolute Gasteiger partial charge is 0.481 e. The minimum Gasteiger partial charge on any atom is -0.481 e. The zero-order valence-electron chi connectivity index (χ0n) is 12.0. The van der Waals surface area contributed by atoms with E-state index in [0.717, 1.165) is 23.4 Å². The Hall–Kier alpha value is -1.69. The van der Waals surface area contributed by atoms with Crippen molar-refractivity contribution in [1.82, 2.24) is 5.32 Å². The molecule has 1 aliphatic carbocycles. The molecule has 1 aromatic carbocycles. The summed E-state index contributed by atoms with van der Waals surface area (Å²) < 4.78 is 0. The summed E-state index contributed by atoms with van der Waals surface area (Å²) in [6.07, 6.45) is 4.44. The molecule has 1 aromatic rings. The number of para-hydroxylation sites is 1. The van der Waals surface area contributed by atoms with Gasteiger partial charge in [-0.05, 0) is 37.1 Å². The maximum Gasteiger partial charge on any atom is 0.319 e. The summed E-state index contributed by atoms with van der Waals surface area (Å²) >= 11 is 1.56. The van der Waals surface area contributed by atoms with Crippen LogP contribution in [0.4, 0.5) is 10.5 Å². The molecule has 3 N–H and O–H groups in total. The average Bonchev–Trinajstić information content (AvgIpc) is 2.94. The molecule has 0 saturated heterocycles. The van der Waals surface area contributed by atoms with Crippen LogP contribution in [-0.4, -0.2) is 29.9 Å². The van der Waals surface area contributed by atoms with Crippen LogP contribution in [0.25, 0.3) is 0 Å². The second-order valence-corrected chi connectivity index (χ2v) is 6.02. The fourth-order valence-electron chi connectivity index (χ4n) is 2.74. The Balaban J connectivity index is 1.86. The van der Waals surface area contributed by atoms with E-state index in [1.54, 1.807) is 11.8 Å². The van der Waals surface area contributed by atoms with E-state index < -0.39 is 5.97 Å². The number of aliphatic carboxylic acids is 1. The summed E-state index contributed by atoms with van der Waals surface area (Å²) in [6, 6.07) is 7.30. The molecule has 1 aliphatic rings. The van der Waals surface area contributed by atoms with Crippen LogP contribution in [0.1, 0.15) is 19.3 Å². The molecule has 2 unspecified atom stereocenters. The van der Waals surface area contributed by atoms with Gasteiger partial charge in [0.25, 0.3) is 0 Å². The van der Waals surface area contributed by atoms with Crippen molar-refractivity contribution in [2.75, 3.05) is 18.1 Å². The van der Waals surface area contributed by atoms with Gasteiger partial charge < -0.3 is 15.7 Å². The molecule has 2 amide bonds. The predicted molar refractivity (Wildman–Crippen MR) is 83.7 cm³/mol. The van der Waals surface area contributed by atoms with Gasteiger partial charge in [-0.25, -0.2) is 4.79 Å². The van der Waals surface area contributed by atoms with Gasteiger partial charge >= 0.3 is 12.0 Å². The number of hydrogen-bond acceptors (Lipinski definition) is 3. The van der Waals surface area contributed by atoms with E-state index in [-0.39, 0.29) is 17.9 Å². The molecule has 21 heavy (non-hydrogen) atoms. The summed E-state index contributed by atoms with van der Waals surface area (Å²) in [5.41, 5.74) is 0.767. The summed E-state index contributed by atoms with van der Waals surface area (Å²) in [6.45, 7) is 0.407. The Labute approximate surface area is 128 Å². The highest BCUT2D eigenvalue weighted by atomic mass is 32.2. The second kappa shape index (κ2) is 7.36. The lowest BCUT2D eigenvalue weighted by atomic mass is 9.96. The van der Waals surface area contributed by atoms with Gasteiger partial charge in [-0.1, -0.05) is 18.6 Å². The van der Waals surface area contributed by atoms with Gasteiger partial charge in [-0.15, -0.1) is 11.8 Å². The minimum atomic E-state index is -0.757. The number of rotatable bonds is 5. The highest BCUT2D eigenvalue weighted by Gasteiger charge is 2.32. The third-order valence-electron chi connectivity index (χ3n) is 3.86. The Morgan fingerprint density at radius 1 is 1.33 bits per heavy atom. The maximum atomic E-state index is 11.9. The monoisotopic (exact) mass is 308 g/mol. The van der Waals surface area contributed by atoms with Crippen LogP contribution in [-0.2, 0) is 4.79 Å². The first-order valence-corrected chi connectivity index (χ1v) is 8.25. The van der Waals surface area contributed by atoms with E-state index in [4.69, 9.17) is 5.11 Å². The molecule has 2 atom stereocenters. The van der Waals surface area contributed by atoms with Crippen molar-refractivity contribution in [3.63, 3.8) is 0 Å². The molecule has 0 radical (unpaired) electrons. The van der Waals surface area contributed by atoms with Crippen LogP contribution in [0.15, 0.2) is 29.2 Å². The highest BCUT2D eigenvalue weighted by molar-refractivity contribution is 7.98. The second-order valence-electron chi connectivity index (χ2n) is 5.17. The number of carboxylic acids is 1. The Morgan fingerprint density at radius 2 is 2.10 bits per heavy atom. The van der Waals surface area contributed by atoms with E-state index >= 15 is 0 Å². The van der Waals surface area contributed by atoms with Crippen molar-refractivity contribution in [2.45, 2.75) is 24.2 Å². The number of nitrogens with one attached hydrogen (secondary N) is 2. The number of carboxylic acid groups (broad SMARTS) is 1. The first-order valence-electron chi connectivity index (χ1n) is 7.02. The van der Waals surface area contributed by atoms with Crippen LogP contribution in [0.5, 0.6) is 0 Å². The van der Waals surface area contributed by atoms with E-state index in [1.165, 1.54) is 0 Å². The van der Waals surface area contributed by atoms with Gasteiger partial charge in [0.15, 0.2) is 0 Å². The van der Waals surface area contributed by atoms with Crippen molar-refractivity contribution in [2.24, 2.45) is 11.8 Å². The summed E-state index contributed by atoms with van der Waals surface area (Å²) in [4.78, 5) is 24.0. The number of amides is 2. The summed E-state index contributed by atoms with van der Waals surface area (Å²) in [5.74, 6) is -1.06. The number of thioether (sulfide) groups is 1. The minimum absolute atomic E-state index is 0.0315. The van der Waals surface area contributed by atoms with E-state index in [1.807, 2.05) is 30.5 Å². The van der Waals surface area contributed by atoms with Gasteiger partial charge in [-0.3, -0.25) is 4.79 Å². The maximum absolute atomic E-state index is 11.9. The van der Waals surface area contributed by atoms with E-state index in [0.29, 0.717) is 13.0 Å². The average molecular weight is 308 g/mol. The number of urea groups is 1. The van der Waals surface area contributed by atoms with E-state index in [9.17, 15) is 9.59 Å². The normalized spacial score (nSPS) is 21.0. The quantitative estimate of drug-likeness (QED) is 0.731. The van der Waals surface area contributed by atoms with Gasteiger partial charge in [0, 0.05) is 11.4 Å². The first kappa shape index (κ1) is 15.7. The fourth-order valence-corrected chi connectivity index (χ4v) is 3.30. The molecule has 2 rings (SSSR count). The summed E-state index contributed by atoms with van der Waals surface area (Å²) in [5, 5.41) is 14.7. The Morgan fingerprint density at radius 3 is 2.81 bits per heavy atom. The van der Waals surface area contributed by atoms with Crippen LogP contribution in [0.2, 0.25) is 0 Å². The SMILES string of the molecule is CSc1ccccc1NC(=O)NCC1CCCC1C(=O)O. The topological polar surface area (TPSA) is 78.4 Å². The van der Waals surface area contributed by atoms with Crippen molar-refractivity contribution >= 4 is 29.4 Å². The third kappa shape index (κ3) is 4.14. The molecule has 0 spiro atoms. The molecule has 0 bridgehead atoms. The van der Waals surface area contributed by atoms with Crippen LogP contribution in [0, 0.1) is 11.8 Å². The van der Waals surface area contributed by atoms with Crippen LogP contribution >= 0.6 is 11.8 Å². The molecule has 0 aliphatic heterocycles. The number of hydrogen-bond donors (Lipinski definition) is 3. The molecule has 6 heteroatoms. The zero-order chi connectivity index (χ0) is 15.2. The van der Waals surface area contributed by atoms with Crippen molar-refractivity contribution < 1.29 is 14.7 Å². The van der Waals surface area contributed by atoms with Crippen LogP contribution < -0.4 is 10.6 Å². The fraction of sp³-hybridized carbons (Fsp3) is 0.467. The lowest BCUT2D eigenvalue weighted by Gasteiger charge is -2.17. The smallest absolute Gasteiger partial charge is 0.319 e. The summed E-state index contributed by atoms with van der Waals surface area (Å²) in [7, 11) is 0. The predicted octanol–water partition coefficient (Wildman–Crippen LogP) is 3.03. The Bertz CT molecular complexity index is 521. The standard InChI is InChI=1S/C15H20N2O3S/c1-21-13-8-3-2-7-12(13)17-15(20)16-9-10-5-4-6-11(10)14(18)19/h2-3,7-8,10-11H,4-6,9H2,1H3,(H,18,19)(H2,16,17,20). The van der Waals surface area contributed by atoms with E-state index in [2.05, 4.69) is 10.6 Å². The van der Waals surface area contributed by atoms with Gasteiger partial charge in [0.05, 0.1) is 11.6 Å². The lowest BCUT2D eigenvalue weighted by Crippen LogP contribution is -2.35. The molecule has 1 fully saturated rings. The van der Waals surface area contributed by atoms with Crippen molar-refractivity contribution in [1.29, 1.82) is 0 Å². The van der Waals surface area contributed by atoms with Crippen LogP contribution in [0.3, 0.4) is 0 Å². The Kier molecular flexibility index (Phi) is 5.50. The van der Waals surface area contributed by atoms with Crippen molar-refractivity contribution in [3.8, 4) is 0 Å². The van der Waals surface area contributed by atoms with Gasteiger partial charge in [0.1, 0.15) is 0 Å². The molecule has 0 aromatic heterocycles. The number of carbonyl (C=O) groups excluding carboxylic acids is 1. The molecule has 0 heterocycles. The highest BCUT2D eigenvalue weighted by Crippen LogP contribution is 2.31. The third-order valence-corrected chi connectivity index (χ3v) is 4.65.